The zero-order chi connectivity index (χ0) is 8.81. The Balaban J connectivity index is 2.43. The number of allylic oxidation sites excluding steroid dienone is 1. The molecular formula is C9H12N2O. The number of hydrogen-bond donors (Lipinski definition) is 1. The second-order valence-electron chi connectivity index (χ2n) is 2.84. The van der Waals surface area contributed by atoms with Gasteiger partial charge in [0.1, 0.15) is 6.54 Å². The molecule has 0 saturated heterocycles. The second-order valence-corrected chi connectivity index (χ2v) is 2.84. The zero-order valence-electron chi connectivity index (χ0n) is 6.97. The number of nitriles is 1. The normalized spacial score (nSPS) is 20.6. The minimum absolute atomic E-state index is 0.228. The molecule has 1 fully saturated rings. The molecule has 0 unspecified atom stereocenters. The van der Waals surface area contributed by atoms with Gasteiger partial charge in [-0.25, -0.2) is 0 Å². The number of Topliss-reactive ketones (excluding diaryl/α,β-unsaturated/α-hetero) is 1. The molecule has 1 aliphatic carbocycles. The minimum atomic E-state index is 0.228. The Kier molecular flexibility index (Phi) is 3.34. The van der Waals surface area contributed by atoms with Crippen molar-refractivity contribution in [3.8, 4) is 6.07 Å². The SMILES string of the molecule is N#CCN/C=C1\CCCCC1=O. The fraction of sp³-hybridized carbons (Fsp3) is 0.556. The van der Waals surface area contributed by atoms with Crippen LogP contribution in [-0.2, 0) is 4.79 Å². The van der Waals surface area contributed by atoms with E-state index in [0.717, 1.165) is 24.8 Å². The lowest BCUT2D eigenvalue weighted by atomic mass is 9.94. The van der Waals surface area contributed by atoms with Gasteiger partial charge in [-0.1, -0.05) is 0 Å². The molecule has 1 N–H and O–H groups in total. The fourth-order valence-electron chi connectivity index (χ4n) is 1.27. The Labute approximate surface area is 72.1 Å². The highest BCUT2D eigenvalue weighted by Gasteiger charge is 2.13. The lowest BCUT2D eigenvalue weighted by Crippen LogP contribution is -2.13. The summed E-state index contributed by atoms with van der Waals surface area (Å²) in [5.41, 5.74) is 0.844. The van der Waals surface area contributed by atoms with Crippen LogP contribution >= 0.6 is 0 Å². The number of nitrogens with one attached hydrogen (secondary N) is 1. The molecule has 0 radical (unpaired) electrons. The van der Waals surface area contributed by atoms with Gasteiger partial charge in [-0.15, -0.1) is 0 Å². The highest BCUT2D eigenvalue weighted by molar-refractivity contribution is 5.95. The number of carbonyl (C=O) groups excluding carboxylic acids is 1. The quantitative estimate of drug-likeness (QED) is 0.378. The summed E-state index contributed by atoms with van der Waals surface area (Å²) in [5, 5.41) is 11.0. The van der Waals surface area contributed by atoms with Crippen molar-refractivity contribution in [3.63, 3.8) is 0 Å². The van der Waals surface area contributed by atoms with Crippen LogP contribution in [0.4, 0.5) is 0 Å². The van der Waals surface area contributed by atoms with Gasteiger partial charge in [0.15, 0.2) is 5.78 Å². The van der Waals surface area contributed by atoms with Crippen LogP contribution in [0.15, 0.2) is 11.8 Å². The Morgan fingerprint density at radius 1 is 1.50 bits per heavy atom. The van der Waals surface area contributed by atoms with Gasteiger partial charge in [0, 0.05) is 18.2 Å². The van der Waals surface area contributed by atoms with E-state index in [9.17, 15) is 4.79 Å². The Morgan fingerprint density at radius 3 is 2.92 bits per heavy atom. The van der Waals surface area contributed by atoms with Crippen LogP contribution in [-0.4, -0.2) is 12.3 Å². The smallest absolute Gasteiger partial charge is 0.160 e. The third-order valence-corrected chi connectivity index (χ3v) is 1.92. The molecule has 0 aliphatic heterocycles. The molecule has 0 aromatic rings. The van der Waals surface area contributed by atoms with Crippen LogP contribution in [0.25, 0.3) is 0 Å². The van der Waals surface area contributed by atoms with Gasteiger partial charge in [0.2, 0.25) is 0 Å². The van der Waals surface area contributed by atoms with E-state index in [0.29, 0.717) is 6.42 Å². The molecule has 0 aromatic carbocycles. The van der Waals surface area contributed by atoms with Gasteiger partial charge in [0.05, 0.1) is 6.07 Å². The molecule has 0 amide bonds. The van der Waals surface area contributed by atoms with Gasteiger partial charge < -0.3 is 5.32 Å². The van der Waals surface area contributed by atoms with E-state index < -0.39 is 0 Å². The molecule has 0 bridgehead atoms. The summed E-state index contributed by atoms with van der Waals surface area (Å²) >= 11 is 0. The van der Waals surface area contributed by atoms with Crippen molar-refractivity contribution in [1.29, 1.82) is 5.26 Å². The Hall–Kier alpha value is -1.30. The van der Waals surface area contributed by atoms with E-state index in [1.807, 2.05) is 6.07 Å². The summed E-state index contributed by atoms with van der Waals surface area (Å²) in [6.07, 6.45) is 5.31. The van der Waals surface area contributed by atoms with E-state index in [2.05, 4.69) is 5.32 Å². The first-order chi connectivity index (χ1) is 5.84. The largest absolute Gasteiger partial charge is 0.378 e. The highest BCUT2D eigenvalue weighted by Crippen LogP contribution is 2.18. The van der Waals surface area contributed by atoms with E-state index in [4.69, 9.17) is 5.26 Å². The van der Waals surface area contributed by atoms with Crippen LogP contribution in [0.3, 0.4) is 0 Å². The molecule has 64 valence electrons. The van der Waals surface area contributed by atoms with Crippen molar-refractivity contribution >= 4 is 5.78 Å². The van der Waals surface area contributed by atoms with E-state index in [-0.39, 0.29) is 12.3 Å². The van der Waals surface area contributed by atoms with Crippen molar-refractivity contribution in [3.05, 3.63) is 11.8 Å². The predicted molar refractivity (Wildman–Crippen MR) is 45.2 cm³/mol. The van der Waals surface area contributed by atoms with Crippen LogP contribution < -0.4 is 5.32 Å². The average Bonchev–Trinajstić information content (AvgIpc) is 2.09. The first-order valence-electron chi connectivity index (χ1n) is 4.17. The lowest BCUT2D eigenvalue weighted by molar-refractivity contribution is -0.116. The number of nitrogens with zero attached hydrogens (tertiary/aromatic N) is 1. The van der Waals surface area contributed by atoms with E-state index in [1.54, 1.807) is 6.20 Å². The van der Waals surface area contributed by atoms with Crippen molar-refractivity contribution in [2.24, 2.45) is 0 Å². The monoisotopic (exact) mass is 164 g/mol. The molecule has 3 nitrogen and oxygen atoms in total. The second kappa shape index (κ2) is 4.55. The van der Waals surface area contributed by atoms with Gasteiger partial charge in [-0.05, 0) is 19.3 Å². The molecule has 1 rings (SSSR count). The maximum atomic E-state index is 11.2. The fourth-order valence-corrected chi connectivity index (χ4v) is 1.27. The van der Waals surface area contributed by atoms with Crippen LogP contribution in [0.1, 0.15) is 25.7 Å². The van der Waals surface area contributed by atoms with Crippen LogP contribution in [0, 0.1) is 11.3 Å². The molecular weight excluding hydrogens is 152 g/mol. The van der Waals surface area contributed by atoms with Crippen LogP contribution in [0.5, 0.6) is 0 Å². The van der Waals surface area contributed by atoms with Crippen LogP contribution in [0.2, 0.25) is 0 Å². The minimum Gasteiger partial charge on any atom is -0.378 e. The van der Waals surface area contributed by atoms with Gasteiger partial charge in [-0.2, -0.15) is 5.26 Å². The number of ketones is 1. The van der Waals surface area contributed by atoms with Crippen molar-refractivity contribution in [2.75, 3.05) is 6.54 Å². The van der Waals surface area contributed by atoms with Gasteiger partial charge >= 0.3 is 0 Å². The number of hydrogen-bond acceptors (Lipinski definition) is 3. The molecule has 0 heterocycles. The molecule has 0 aromatic heterocycles. The third-order valence-electron chi connectivity index (χ3n) is 1.92. The van der Waals surface area contributed by atoms with Gasteiger partial charge in [0.25, 0.3) is 0 Å². The summed E-state index contributed by atoms with van der Waals surface area (Å²) < 4.78 is 0. The Morgan fingerprint density at radius 2 is 2.25 bits per heavy atom. The maximum Gasteiger partial charge on any atom is 0.160 e. The van der Waals surface area contributed by atoms with Crippen molar-refractivity contribution in [2.45, 2.75) is 25.7 Å². The first-order valence-corrected chi connectivity index (χ1v) is 4.17. The topological polar surface area (TPSA) is 52.9 Å². The summed E-state index contributed by atoms with van der Waals surface area (Å²) in [6, 6.07) is 1.96. The number of carbonyl (C=O) groups is 1. The lowest BCUT2D eigenvalue weighted by Gasteiger charge is -2.11. The van der Waals surface area contributed by atoms with E-state index >= 15 is 0 Å². The highest BCUT2D eigenvalue weighted by atomic mass is 16.1. The molecule has 3 heteroatoms. The zero-order valence-corrected chi connectivity index (χ0v) is 6.97. The maximum absolute atomic E-state index is 11.2. The van der Waals surface area contributed by atoms with Crippen molar-refractivity contribution in [1.82, 2.24) is 5.32 Å². The first kappa shape index (κ1) is 8.79. The molecule has 1 aliphatic rings. The van der Waals surface area contributed by atoms with E-state index in [1.165, 1.54) is 0 Å². The number of rotatable bonds is 2. The molecule has 1 saturated carbocycles. The summed E-state index contributed by atoms with van der Waals surface area (Å²) in [7, 11) is 0. The molecule has 0 atom stereocenters. The van der Waals surface area contributed by atoms with Gasteiger partial charge in [-0.3, -0.25) is 4.79 Å². The standard InChI is InChI=1S/C9H12N2O/c10-5-6-11-7-8-3-1-2-4-9(8)12/h7,11H,1-4,6H2/b8-7+. The third kappa shape index (κ3) is 2.39. The van der Waals surface area contributed by atoms with Crippen molar-refractivity contribution < 1.29 is 4.79 Å². The Bertz CT molecular complexity index is 237. The molecule has 12 heavy (non-hydrogen) atoms. The molecule has 0 spiro atoms. The summed E-state index contributed by atoms with van der Waals surface area (Å²) in [5.74, 6) is 0.228. The average molecular weight is 164 g/mol. The summed E-state index contributed by atoms with van der Waals surface area (Å²) in [6.45, 7) is 0.275. The summed E-state index contributed by atoms with van der Waals surface area (Å²) in [4.78, 5) is 11.2. The predicted octanol–water partition coefficient (Wildman–Crippen LogP) is 1.13.